The molecular weight excluding hydrogens is 410 g/mol. The van der Waals surface area contributed by atoms with Crippen LogP contribution >= 0.6 is 0 Å². The Hall–Kier alpha value is -3.34. The molecule has 2 amide bonds. The Labute approximate surface area is 196 Å². The van der Waals surface area contributed by atoms with Crippen LogP contribution in [0.5, 0.6) is 0 Å². The molecular formula is C28H33N3O2. The van der Waals surface area contributed by atoms with Gasteiger partial charge in [0.05, 0.1) is 17.1 Å². The predicted octanol–water partition coefficient (Wildman–Crippen LogP) is 5.51. The summed E-state index contributed by atoms with van der Waals surface area (Å²) < 4.78 is 2.17. The van der Waals surface area contributed by atoms with Gasteiger partial charge in [0.2, 0.25) is 11.8 Å². The van der Waals surface area contributed by atoms with Gasteiger partial charge in [0.1, 0.15) is 12.6 Å². The zero-order valence-electron chi connectivity index (χ0n) is 20.0. The summed E-state index contributed by atoms with van der Waals surface area (Å²) in [6.45, 7) is 8.63. The standard InChI is InChI=1S/C28H33N3O2/c1-5-6-16-29(28(33)20(2)3)19-26(32)31-24-14-8-7-13-23(24)30-17-10-15-25(30)27(31)22-12-9-11-21(4)18-22/h7-15,17-18,20,27H,5-6,16,19H2,1-4H3. The number of nitrogens with zero attached hydrogens (tertiary/aromatic N) is 3. The number of hydrogen-bond donors (Lipinski definition) is 0. The van der Waals surface area contributed by atoms with E-state index in [1.807, 2.05) is 55.1 Å². The van der Waals surface area contributed by atoms with E-state index in [-0.39, 0.29) is 30.3 Å². The largest absolute Gasteiger partial charge is 0.333 e. The number of carbonyl (C=O) groups excluding carboxylic acids is 2. The fourth-order valence-corrected chi connectivity index (χ4v) is 4.64. The summed E-state index contributed by atoms with van der Waals surface area (Å²) in [7, 11) is 0. The van der Waals surface area contributed by atoms with Crippen molar-refractivity contribution in [2.75, 3.05) is 18.0 Å². The number of anilines is 1. The van der Waals surface area contributed by atoms with E-state index in [0.29, 0.717) is 6.54 Å². The lowest BCUT2D eigenvalue weighted by atomic mass is 9.96. The molecule has 2 heterocycles. The van der Waals surface area contributed by atoms with Crippen molar-refractivity contribution >= 4 is 17.5 Å². The van der Waals surface area contributed by atoms with Gasteiger partial charge in [0, 0.05) is 18.7 Å². The minimum Gasteiger partial charge on any atom is -0.333 e. The fourth-order valence-electron chi connectivity index (χ4n) is 4.64. The van der Waals surface area contributed by atoms with E-state index < -0.39 is 0 Å². The van der Waals surface area contributed by atoms with Crippen molar-refractivity contribution in [1.82, 2.24) is 9.47 Å². The summed E-state index contributed by atoms with van der Waals surface area (Å²) in [5, 5.41) is 0. The van der Waals surface area contributed by atoms with Gasteiger partial charge in [-0.1, -0.05) is 69.2 Å². The highest BCUT2D eigenvalue weighted by atomic mass is 16.2. The van der Waals surface area contributed by atoms with Crippen LogP contribution < -0.4 is 4.90 Å². The molecule has 0 fully saturated rings. The van der Waals surface area contributed by atoms with Crippen molar-refractivity contribution in [2.24, 2.45) is 5.92 Å². The first-order chi connectivity index (χ1) is 15.9. The van der Waals surface area contributed by atoms with Crippen molar-refractivity contribution < 1.29 is 9.59 Å². The van der Waals surface area contributed by atoms with Crippen LogP contribution in [-0.4, -0.2) is 34.4 Å². The van der Waals surface area contributed by atoms with Crippen molar-refractivity contribution in [3.05, 3.63) is 83.7 Å². The van der Waals surface area contributed by atoms with E-state index in [1.165, 1.54) is 0 Å². The summed E-state index contributed by atoms with van der Waals surface area (Å²) >= 11 is 0. The third kappa shape index (κ3) is 4.45. The molecule has 3 aromatic rings. The maximum Gasteiger partial charge on any atom is 0.247 e. The Kier molecular flexibility index (Phi) is 6.68. The zero-order valence-corrected chi connectivity index (χ0v) is 20.0. The second-order valence-corrected chi connectivity index (χ2v) is 9.14. The maximum atomic E-state index is 14.0. The fraction of sp³-hybridized carbons (Fsp3) is 0.357. The highest BCUT2D eigenvalue weighted by molar-refractivity contribution is 6.00. The van der Waals surface area contributed by atoms with Crippen LogP contribution in [0, 0.1) is 12.8 Å². The molecule has 1 aromatic heterocycles. The average Bonchev–Trinajstić information content (AvgIpc) is 3.30. The van der Waals surface area contributed by atoms with Crippen LogP contribution in [0.3, 0.4) is 0 Å². The number of aromatic nitrogens is 1. The predicted molar refractivity (Wildman–Crippen MR) is 133 cm³/mol. The molecule has 0 bridgehead atoms. The van der Waals surface area contributed by atoms with Crippen LogP contribution in [0.1, 0.15) is 56.5 Å². The number of rotatable bonds is 7. The van der Waals surface area contributed by atoms with Gasteiger partial charge in [-0.2, -0.15) is 0 Å². The monoisotopic (exact) mass is 443 g/mol. The highest BCUT2D eigenvalue weighted by Gasteiger charge is 2.37. The molecule has 1 atom stereocenters. The third-order valence-corrected chi connectivity index (χ3v) is 6.26. The molecule has 33 heavy (non-hydrogen) atoms. The van der Waals surface area contributed by atoms with Crippen LogP contribution in [0.4, 0.5) is 5.69 Å². The van der Waals surface area contributed by atoms with Gasteiger partial charge in [-0.05, 0) is 43.2 Å². The Morgan fingerprint density at radius 3 is 2.45 bits per heavy atom. The SMILES string of the molecule is CCCCN(CC(=O)N1c2ccccc2-n2cccc2C1c1cccc(C)c1)C(=O)C(C)C. The molecule has 1 aliphatic rings. The number of carbonyl (C=O) groups is 2. The lowest BCUT2D eigenvalue weighted by Crippen LogP contribution is -2.47. The molecule has 0 radical (unpaired) electrons. The van der Waals surface area contributed by atoms with E-state index in [2.05, 4.69) is 48.9 Å². The normalized spacial score (nSPS) is 14.7. The molecule has 0 N–H and O–H groups in total. The van der Waals surface area contributed by atoms with E-state index in [0.717, 1.165) is 41.0 Å². The number of hydrogen-bond acceptors (Lipinski definition) is 2. The molecule has 0 spiro atoms. The van der Waals surface area contributed by atoms with E-state index in [1.54, 1.807) is 4.90 Å². The summed E-state index contributed by atoms with van der Waals surface area (Å²) in [4.78, 5) is 30.5. The second kappa shape index (κ2) is 9.65. The van der Waals surface area contributed by atoms with E-state index in [9.17, 15) is 9.59 Å². The summed E-state index contributed by atoms with van der Waals surface area (Å²) in [5.74, 6) is -0.183. The molecule has 0 saturated heterocycles. The molecule has 1 aliphatic heterocycles. The topological polar surface area (TPSA) is 45.6 Å². The first-order valence-corrected chi connectivity index (χ1v) is 11.9. The quantitative estimate of drug-likeness (QED) is 0.484. The van der Waals surface area contributed by atoms with Crippen molar-refractivity contribution in [2.45, 2.75) is 46.6 Å². The third-order valence-electron chi connectivity index (χ3n) is 6.26. The van der Waals surface area contributed by atoms with E-state index >= 15 is 0 Å². The Morgan fingerprint density at radius 2 is 1.76 bits per heavy atom. The molecule has 1 unspecified atom stereocenters. The first kappa shape index (κ1) is 22.8. The van der Waals surface area contributed by atoms with Gasteiger partial charge in [-0.15, -0.1) is 0 Å². The van der Waals surface area contributed by atoms with Crippen LogP contribution in [0.15, 0.2) is 66.9 Å². The summed E-state index contributed by atoms with van der Waals surface area (Å²) in [5.41, 5.74) is 5.10. The van der Waals surface area contributed by atoms with Crippen molar-refractivity contribution in [1.29, 1.82) is 0 Å². The van der Waals surface area contributed by atoms with E-state index in [4.69, 9.17) is 0 Å². The molecule has 5 nitrogen and oxygen atoms in total. The molecule has 172 valence electrons. The molecule has 4 rings (SSSR count). The Bertz CT molecular complexity index is 1150. The number of benzene rings is 2. The maximum absolute atomic E-state index is 14.0. The molecule has 2 aromatic carbocycles. The lowest BCUT2D eigenvalue weighted by Gasteiger charge is -2.39. The van der Waals surface area contributed by atoms with Crippen LogP contribution in [0.2, 0.25) is 0 Å². The molecule has 0 saturated carbocycles. The van der Waals surface area contributed by atoms with Gasteiger partial charge in [-0.3, -0.25) is 14.5 Å². The number of para-hydroxylation sites is 2. The zero-order chi connectivity index (χ0) is 23.5. The van der Waals surface area contributed by atoms with Crippen LogP contribution in [0.25, 0.3) is 5.69 Å². The molecule has 5 heteroatoms. The Morgan fingerprint density at radius 1 is 1.00 bits per heavy atom. The summed E-state index contributed by atoms with van der Waals surface area (Å²) in [6, 6.07) is 20.2. The number of amides is 2. The second-order valence-electron chi connectivity index (χ2n) is 9.14. The van der Waals surface area contributed by atoms with Gasteiger partial charge < -0.3 is 9.47 Å². The smallest absolute Gasteiger partial charge is 0.247 e. The van der Waals surface area contributed by atoms with Crippen molar-refractivity contribution in [3.8, 4) is 5.69 Å². The number of unbranched alkanes of at least 4 members (excludes halogenated alkanes) is 1. The first-order valence-electron chi connectivity index (χ1n) is 11.9. The van der Waals surface area contributed by atoms with Gasteiger partial charge in [0.25, 0.3) is 0 Å². The van der Waals surface area contributed by atoms with Gasteiger partial charge in [0.15, 0.2) is 0 Å². The van der Waals surface area contributed by atoms with Crippen LogP contribution in [-0.2, 0) is 9.59 Å². The Balaban J connectivity index is 1.79. The number of aryl methyl sites for hydroxylation is 1. The minimum absolute atomic E-state index is 0.0255. The van der Waals surface area contributed by atoms with Crippen molar-refractivity contribution in [3.63, 3.8) is 0 Å². The average molecular weight is 444 g/mol. The molecule has 0 aliphatic carbocycles. The van der Waals surface area contributed by atoms with Gasteiger partial charge in [-0.25, -0.2) is 0 Å². The summed E-state index contributed by atoms with van der Waals surface area (Å²) in [6.07, 6.45) is 3.91. The highest BCUT2D eigenvalue weighted by Crippen LogP contribution is 2.42. The number of fused-ring (bicyclic) bond motifs is 3. The minimum atomic E-state index is -0.260. The lowest BCUT2D eigenvalue weighted by molar-refractivity contribution is -0.138. The van der Waals surface area contributed by atoms with Gasteiger partial charge >= 0.3 is 0 Å².